The van der Waals surface area contributed by atoms with E-state index < -0.39 is 50.8 Å². The first-order valence-electron chi connectivity index (χ1n) is 11.9. The number of nitrogens with one attached hydrogen (secondary N) is 2. The standard InChI is InChI=1S/C25H27F4N3O3S/c26-20-17(7-4-8-18(20)16-5-2-1-3-6-16)13-19-21(31-36(34,35)22(27)28)24(9-10-24)15-32(19)23(33)30-14-25(29)11-12-25/h1-8,19,21-22,31H,9-15H2,(H,30,33)/t19-,21+/m0/s1. The summed E-state index contributed by atoms with van der Waals surface area (Å²) in [6, 6.07) is 11.1. The second-order valence-electron chi connectivity index (χ2n) is 10.1. The minimum atomic E-state index is -4.97. The number of sulfonamides is 1. The van der Waals surface area contributed by atoms with E-state index in [0.717, 1.165) is 0 Å². The molecule has 2 amide bonds. The number of carbonyl (C=O) groups is 1. The van der Waals surface area contributed by atoms with E-state index in [1.807, 2.05) is 0 Å². The minimum absolute atomic E-state index is 0.0983. The molecule has 2 atom stereocenters. The molecule has 1 spiro atoms. The van der Waals surface area contributed by atoms with Gasteiger partial charge in [-0.1, -0.05) is 48.5 Å². The Labute approximate surface area is 207 Å². The first kappa shape index (κ1) is 25.0. The summed E-state index contributed by atoms with van der Waals surface area (Å²) >= 11 is 0. The lowest BCUT2D eigenvalue weighted by Crippen LogP contribution is -2.53. The number of nitrogens with zero attached hydrogens (tertiary/aromatic N) is 1. The molecule has 36 heavy (non-hydrogen) atoms. The lowest BCUT2D eigenvalue weighted by molar-refractivity contribution is 0.182. The van der Waals surface area contributed by atoms with Crippen LogP contribution < -0.4 is 10.0 Å². The van der Waals surface area contributed by atoms with Crippen molar-refractivity contribution in [1.82, 2.24) is 14.9 Å². The van der Waals surface area contributed by atoms with Gasteiger partial charge in [0.25, 0.3) is 10.0 Å². The first-order valence-corrected chi connectivity index (χ1v) is 13.4. The van der Waals surface area contributed by atoms with Gasteiger partial charge in [-0.15, -0.1) is 0 Å². The third kappa shape index (κ3) is 4.82. The van der Waals surface area contributed by atoms with Crippen LogP contribution in [0.4, 0.5) is 22.4 Å². The van der Waals surface area contributed by atoms with Crippen molar-refractivity contribution in [3.8, 4) is 11.1 Å². The summed E-state index contributed by atoms with van der Waals surface area (Å²) in [6.45, 7) is -0.0768. The lowest BCUT2D eigenvalue weighted by Gasteiger charge is -2.30. The molecule has 0 bridgehead atoms. The van der Waals surface area contributed by atoms with Crippen LogP contribution in [0.5, 0.6) is 0 Å². The highest BCUT2D eigenvalue weighted by atomic mass is 32.2. The van der Waals surface area contributed by atoms with Crippen molar-refractivity contribution >= 4 is 16.1 Å². The van der Waals surface area contributed by atoms with Crippen LogP contribution in [-0.2, 0) is 16.4 Å². The van der Waals surface area contributed by atoms with Crippen LogP contribution in [0.2, 0.25) is 0 Å². The van der Waals surface area contributed by atoms with Crippen LogP contribution in [0.25, 0.3) is 11.1 Å². The highest BCUT2D eigenvalue weighted by Crippen LogP contribution is 2.55. The summed E-state index contributed by atoms with van der Waals surface area (Å²) in [5, 5.41) is 2.56. The molecule has 2 saturated carbocycles. The number of benzene rings is 2. The van der Waals surface area contributed by atoms with E-state index >= 15 is 4.39 Å². The quantitative estimate of drug-likeness (QED) is 0.507. The maximum atomic E-state index is 15.6. The van der Waals surface area contributed by atoms with Crippen LogP contribution in [0.3, 0.4) is 0 Å². The molecule has 0 aromatic heterocycles. The average Bonchev–Trinajstić information content (AvgIpc) is 3.76. The zero-order valence-electron chi connectivity index (χ0n) is 19.4. The molecule has 2 aromatic rings. The molecular formula is C25H27F4N3O3S. The van der Waals surface area contributed by atoms with Gasteiger partial charge in [0.1, 0.15) is 11.5 Å². The van der Waals surface area contributed by atoms with Gasteiger partial charge in [-0.25, -0.2) is 26.7 Å². The zero-order chi connectivity index (χ0) is 25.7. The van der Waals surface area contributed by atoms with Gasteiger partial charge in [0, 0.05) is 17.5 Å². The van der Waals surface area contributed by atoms with E-state index in [0.29, 0.717) is 36.8 Å². The molecule has 5 rings (SSSR count). The second kappa shape index (κ2) is 9.02. The smallest absolute Gasteiger partial charge is 0.335 e. The van der Waals surface area contributed by atoms with Crippen LogP contribution in [0, 0.1) is 11.2 Å². The topological polar surface area (TPSA) is 78.5 Å². The molecule has 11 heteroatoms. The second-order valence-corrected chi connectivity index (χ2v) is 11.8. The largest absolute Gasteiger partial charge is 0.350 e. The number of amides is 2. The number of carbonyl (C=O) groups excluding carboxylic acids is 1. The Kier molecular flexibility index (Phi) is 6.27. The fourth-order valence-electron chi connectivity index (χ4n) is 5.11. The summed E-state index contributed by atoms with van der Waals surface area (Å²) < 4.78 is 82.7. The van der Waals surface area contributed by atoms with Crippen LogP contribution in [0.15, 0.2) is 48.5 Å². The molecule has 0 unspecified atom stereocenters. The van der Waals surface area contributed by atoms with Gasteiger partial charge >= 0.3 is 11.8 Å². The van der Waals surface area contributed by atoms with E-state index in [9.17, 15) is 26.4 Å². The highest BCUT2D eigenvalue weighted by molar-refractivity contribution is 7.89. The fourth-order valence-corrected chi connectivity index (χ4v) is 5.97. The van der Waals surface area contributed by atoms with Gasteiger partial charge in [-0.05, 0) is 43.2 Å². The molecular weight excluding hydrogens is 498 g/mol. The van der Waals surface area contributed by atoms with Gasteiger partial charge in [0.15, 0.2) is 0 Å². The Morgan fingerprint density at radius 3 is 2.36 bits per heavy atom. The molecule has 3 fully saturated rings. The number of hydrogen-bond acceptors (Lipinski definition) is 3. The average molecular weight is 526 g/mol. The molecule has 194 valence electrons. The molecule has 6 nitrogen and oxygen atoms in total. The van der Waals surface area contributed by atoms with Gasteiger partial charge in [-0.2, -0.15) is 8.78 Å². The predicted octanol–water partition coefficient (Wildman–Crippen LogP) is 4.22. The number of halogens is 4. The summed E-state index contributed by atoms with van der Waals surface area (Å²) in [5.74, 6) is -4.17. The zero-order valence-corrected chi connectivity index (χ0v) is 20.2. The van der Waals surface area contributed by atoms with E-state index in [1.165, 1.54) is 11.0 Å². The van der Waals surface area contributed by atoms with Crippen molar-refractivity contribution < 1.29 is 30.8 Å². The van der Waals surface area contributed by atoms with E-state index in [1.54, 1.807) is 42.5 Å². The normalized spacial score (nSPS) is 23.8. The van der Waals surface area contributed by atoms with Crippen molar-refractivity contribution in [3.05, 3.63) is 59.9 Å². The Morgan fingerprint density at radius 2 is 1.75 bits per heavy atom. The van der Waals surface area contributed by atoms with Gasteiger partial charge in [0.05, 0.1) is 18.6 Å². The monoisotopic (exact) mass is 525 g/mol. The number of alkyl halides is 3. The molecule has 0 radical (unpaired) electrons. The third-order valence-electron chi connectivity index (χ3n) is 7.55. The SMILES string of the molecule is O=C(NCC1(F)CC1)N1CC2(CC2)[C@H](NS(=O)(=O)C(F)F)[C@@H]1Cc1cccc(-c2ccccc2)c1F. The molecule has 1 heterocycles. The lowest BCUT2D eigenvalue weighted by atomic mass is 9.91. The Morgan fingerprint density at radius 1 is 1.06 bits per heavy atom. The molecule has 2 aromatic carbocycles. The van der Waals surface area contributed by atoms with E-state index in [4.69, 9.17) is 0 Å². The third-order valence-corrected chi connectivity index (χ3v) is 8.60. The first-order chi connectivity index (χ1) is 17.0. The fraction of sp³-hybridized carbons (Fsp3) is 0.480. The van der Waals surface area contributed by atoms with Crippen molar-refractivity contribution in [2.75, 3.05) is 13.1 Å². The molecule has 1 aliphatic heterocycles. The van der Waals surface area contributed by atoms with Gasteiger partial charge < -0.3 is 10.2 Å². The van der Waals surface area contributed by atoms with Crippen LogP contribution in [-0.4, -0.2) is 55.9 Å². The van der Waals surface area contributed by atoms with Gasteiger partial charge in [0.2, 0.25) is 0 Å². The Bertz CT molecular complexity index is 1250. The van der Waals surface area contributed by atoms with E-state index in [-0.39, 0.29) is 25.1 Å². The number of rotatable bonds is 8. The van der Waals surface area contributed by atoms with Crippen LogP contribution >= 0.6 is 0 Å². The maximum absolute atomic E-state index is 15.6. The van der Waals surface area contributed by atoms with Crippen molar-refractivity contribution in [1.29, 1.82) is 0 Å². The van der Waals surface area contributed by atoms with E-state index in [2.05, 4.69) is 10.0 Å². The molecule has 2 aliphatic carbocycles. The Balaban J connectivity index is 1.47. The number of urea groups is 1. The minimum Gasteiger partial charge on any atom is -0.335 e. The molecule has 3 aliphatic rings. The Hall–Kier alpha value is -2.66. The van der Waals surface area contributed by atoms with Crippen LogP contribution in [0.1, 0.15) is 31.2 Å². The molecule has 2 N–H and O–H groups in total. The summed E-state index contributed by atoms with van der Waals surface area (Å²) in [5.41, 5.74) is -0.966. The predicted molar refractivity (Wildman–Crippen MR) is 126 cm³/mol. The van der Waals surface area contributed by atoms with Crippen molar-refractivity contribution in [2.24, 2.45) is 5.41 Å². The van der Waals surface area contributed by atoms with Crippen molar-refractivity contribution in [3.63, 3.8) is 0 Å². The van der Waals surface area contributed by atoms with Gasteiger partial charge in [-0.3, -0.25) is 0 Å². The highest BCUT2D eigenvalue weighted by Gasteiger charge is 2.62. The number of likely N-dealkylation sites (tertiary alicyclic amines) is 1. The molecule has 1 saturated heterocycles. The van der Waals surface area contributed by atoms with Crippen molar-refractivity contribution in [2.45, 2.75) is 55.6 Å². The summed E-state index contributed by atoms with van der Waals surface area (Å²) in [7, 11) is -4.97. The maximum Gasteiger partial charge on any atom is 0.350 e. The summed E-state index contributed by atoms with van der Waals surface area (Å²) in [4.78, 5) is 14.4. The summed E-state index contributed by atoms with van der Waals surface area (Å²) in [6.07, 6.45) is 1.65. The number of hydrogen-bond donors (Lipinski definition) is 2.